The van der Waals surface area contributed by atoms with Crippen molar-refractivity contribution in [1.29, 1.82) is 0 Å². The summed E-state index contributed by atoms with van der Waals surface area (Å²) < 4.78 is 7.08. The fraction of sp³-hybridized carbons (Fsp3) is 0.545. The van der Waals surface area contributed by atoms with Gasteiger partial charge in [0.1, 0.15) is 11.8 Å². The van der Waals surface area contributed by atoms with Gasteiger partial charge in [-0.05, 0) is 13.8 Å². The number of aliphatic hydroxyl groups excluding tert-OH is 1. The molecule has 0 aliphatic heterocycles. The molecule has 7 nitrogen and oxygen atoms in total. The number of imidazole rings is 1. The third-order valence-corrected chi connectivity index (χ3v) is 2.46. The van der Waals surface area contributed by atoms with Crippen LogP contribution in [0.4, 0.5) is 5.82 Å². The third kappa shape index (κ3) is 2.74. The second kappa shape index (κ2) is 5.28. The van der Waals surface area contributed by atoms with Crippen LogP contribution in [0.25, 0.3) is 11.2 Å². The highest BCUT2D eigenvalue weighted by atomic mass is 16.5. The van der Waals surface area contributed by atoms with E-state index in [2.05, 4.69) is 15.0 Å². The average Bonchev–Trinajstić information content (AvgIpc) is 2.72. The first kappa shape index (κ1) is 12.7. The summed E-state index contributed by atoms with van der Waals surface area (Å²) in [6.45, 7) is 4.48. The summed E-state index contributed by atoms with van der Waals surface area (Å²) in [6.07, 6.45) is 2.46. The number of rotatable bonds is 5. The van der Waals surface area contributed by atoms with Crippen molar-refractivity contribution in [2.45, 2.75) is 32.6 Å². The highest BCUT2D eigenvalue weighted by Crippen LogP contribution is 2.14. The molecular formula is C11H17N5O2. The van der Waals surface area contributed by atoms with Gasteiger partial charge in [0.05, 0.1) is 31.7 Å². The molecular weight excluding hydrogens is 234 g/mol. The van der Waals surface area contributed by atoms with Crippen LogP contribution in [0, 0.1) is 0 Å². The van der Waals surface area contributed by atoms with Crippen LogP contribution < -0.4 is 5.73 Å². The standard InChI is InChI=1S/C11H17N5O2/c1-7(2)18-4-8(17)3-16-6-15-9-10(12)13-5-14-11(9)16/h5-8,17H,3-4H2,1-2H3,(H2,12,13,14). The molecule has 0 radical (unpaired) electrons. The van der Waals surface area contributed by atoms with Gasteiger partial charge in [0, 0.05) is 0 Å². The minimum Gasteiger partial charge on any atom is -0.389 e. The molecule has 1 atom stereocenters. The second-order valence-electron chi connectivity index (χ2n) is 4.36. The zero-order valence-corrected chi connectivity index (χ0v) is 10.4. The first-order valence-electron chi connectivity index (χ1n) is 5.79. The Balaban J connectivity index is 2.10. The molecule has 1 unspecified atom stereocenters. The third-order valence-electron chi connectivity index (χ3n) is 2.46. The number of ether oxygens (including phenoxy) is 1. The summed E-state index contributed by atoms with van der Waals surface area (Å²) in [7, 11) is 0. The minimum absolute atomic E-state index is 0.0946. The molecule has 2 aromatic rings. The molecule has 0 bridgehead atoms. The van der Waals surface area contributed by atoms with Gasteiger partial charge < -0.3 is 20.1 Å². The van der Waals surface area contributed by atoms with Gasteiger partial charge in [-0.15, -0.1) is 0 Å². The smallest absolute Gasteiger partial charge is 0.165 e. The molecule has 0 saturated heterocycles. The SMILES string of the molecule is CC(C)OCC(O)Cn1cnc2c(N)ncnc21. The molecule has 0 amide bonds. The zero-order chi connectivity index (χ0) is 13.1. The Kier molecular flexibility index (Phi) is 3.73. The summed E-state index contributed by atoms with van der Waals surface area (Å²) in [5, 5.41) is 9.85. The number of aromatic nitrogens is 4. The number of nitrogen functional groups attached to an aromatic ring is 1. The maximum atomic E-state index is 9.85. The van der Waals surface area contributed by atoms with Crippen LogP contribution in [0.15, 0.2) is 12.7 Å². The molecule has 0 fully saturated rings. The highest BCUT2D eigenvalue weighted by Gasteiger charge is 2.12. The number of fused-ring (bicyclic) bond motifs is 1. The van der Waals surface area contributed by atoms with Gasteiger partial charge in [-0.25, -0.2) is 15.0 Å². The molecule has 0 spiro atoms. The molecule has 18 heavy (non-hydrogen) atoms. The molecule has 2 rings (SSSR count). The van der Waals surface area contributed by atoms with Crippen molar-refractivity contribution >= 4 is 17.0 Å². The van der Waals surface area contributed by atoms with Crippen molar-refractivity contribution in [3.8, 4) is 0 Å². The lowest BCUT2D eigenvalue weighted by Crippen LogP contribution is -2.23. The Bertz CT molecular complexity index is 525. The van der Waals surface area contributed by atoms with Gasteiger partial charge in [-0.2, -0.15) is 0 Å². The number of aliphatic hydroxyl groups is 1. The van der Waals surface area contributed by atoms with E-state index in [0.717, 1.165) is 0 Å². The van der Waals surface area contributed by atoms with Crippen molar-refractivity contribution in [2.75, 3.05) is 12.3 Å². The van der Waals surface area contributed by atoms with Crippen LogP contribution in [0.2, 0.25) is 0 Å². The Morgan fingerprint density at radius 1 is 1.39 bits per heavy atom. The Morgan fingerprint density at radius 3 is 2.89 bits per heavy atom. The van der Waals surface area contributed by atoms with E-state index in [4.69, 9.17) is 10.5 Å². The van der Waals surface area contributed by atoms with Gasteiger partial charge in [0.2, 0.25) is 0 Å². The van der Waals surface area contributed by atoms with E-state index in [1.165, 1.54) is 6.33 Å². The van der Waals surface area contributed by atoms with Crippen LogP contribution in [0.1, 0.15) is 13.8 Å². The average molecular weight is 251 g/mol. The molecule has 98 valence electrons. The molecule has 0 aromatic carbocycles. The molecule has 2 aromatic heterocycles. The fourth-order valence-corrected chi connectivity index (χ4v) is 1.62. The lowest BCUT2D eigenvalue weighted by Gasteiger charge is -2.14. The van der Waals surface area contributed by atoms with Crippen LogP contribution in [-0.2, 0) is 11.3 Å². The van der Waals surface area contributed by atoms with Gasteiger partial charge in [-0.1, -0.05) is 0 Å². The largest absolute Gasteiger partial charge is 0.389 e. The lowest BCUT2D eigenvalue weighted by atomic mass is 10.3. The molecule has 2 heterocycles. The quantitative estimate of drug-likeness (QED) is 0.787. The summed E-state index contributed by atoms with van der Waals surface area (Å²) in [4.78, 5) is 12.1. The van der Waals surface area contributed by atoms with Crippen LogP contribution in [0.3, 0.4) is 0 Å². The predicted molar refractivity (Wildman–Crippen MR) is 66.8 cm³/mol. The van der Waals surface area contributed by atoms with Gasteiger partial charge in [0.25, 0.3) is 0 Å². The Morgan fingerprint density at radius 2 is 2.17 bits per heavy atom. The minimum atomic E-state index is -0.610. The van der Waals surface area contributed by atoms with Crippen LogP contribution in [-0.4, -0.2) is 43.4 Å². The normalized spacial score (nSPS) is 13.3. The zero-order valence-electron chi connectivity index (χ0n) is 10.4. The number of nitrogens with zero attached hydrogens (tertiary/aromatic N) is 4. The topological polar surface area (TPSA) is 99.1 Å². The molecule has 0 saturated carbocycles. The maximum absolute atomic E-state index is 9.85. The molecule has 7 heteroatoms. The van der Waals surface area contributed by atoms with E-state index in [9.17, 15) is 5.11 Å². The molecule has 0 aliphatic carbocycles. The maximum Gasteiger partial charge on any atom is 0.165 e. The van der Waals surface area contributed by atoms with Crippen LogP contribution >= 0.6 is 0 Å². The van der Waals surface area contributed by atoms with Crippen molar-refractivity contribution < 1.29 is 9.84 Å². The van der Waals surface area contributed by atoms with Crippen LogP contribution in [0.5, 0.6) is 0 Å². The van der Waals surface area contributed by atoms with E-state index in [0.29, 0.717) is 23.5 Å². The molecule has 0 aliphatic rings. The Hall–Kier alpha value is -1.73. The van der Waals surface area contributed by atoms with Crippen molar-refractivity contribution in [2.24, 2.45) is 0 Å². The number of hydrogen-bond donors (Lipinski definition) is 2. The summed E-state index contributed by atoms with van der Waals surface area (Å²) in [5.41, 5.74) is 6.85. The van der Waals surface area contributed by atoms with Crippen molar-refractivity contribution in [3.05, 3.63) is 12.7 Å². The first-order valence-corrected chi connectivity index (χ1v) is 5.79. The van der Waals surface area contributed by atoms with E-state index < -0.39 is 6.10 Å². The molecule has 3 N–H and O–H groups in total. The second-order valence-corrected chi connectivity index (χ2v) is 4.36. The van der Waals surface area contributed by atoms with E-state index in [-0.39, 0.29) is 12.7 Å². The van der Waals surface area contributed by atoms with E-state index in [1.807, 2.05) is 13.8 Å². The van der Waals surface area contributed by atoms with E-state index >= 15 is 0 Å². The van der Waals surface area contributed by atoms with E-state index in [1.54, 1.807) is 10.9 Å². The number of anilines is 1. The summed E-state index contributed by atoms with van der Waals surface area (Å²) in [5.74, 6) is 0.340. The van der Waals surface area contributed by atoms with Crippen molar-refractivity contribution in [1.82, 2.24) is 19.5 Å². The first-order chi connectivity index (χ1) is 8.58. The highest BCUT2D eigenvalue weighted by molar-refractivity contribution is 5.81. The fourth-order valence-electron chi connectivity index (χ4n) is 1.62. The van der Waals surface area contributed by atoms with Crippen molar-refractivity contribution in [3.63, 3.8) is 0 Å². The van der Waals surface area contributed by atoms with Gasteiger partial charge >= 0.3 is 0 Å². The number of nitrogens with two attached hydrogens (primary N) is 1. The lowest BCUT2D eigenvalue weighted by molar-refractivity contribution is -0.000343. The summed E-state index contributed by atoms with van der Waals surface area (Å²) >= 11 is 0. The number of hydrogen-bond acceptors (Lipinski definition) is 6. The Labute approximate surface area is 105 Å². The predicted octanol–water partition coefficient (Wildman–Crippen LogP) is 0.194. The van der Waals surface area contributed by atoms with Gasteiger partial charge in [0.15, 0.2) is 11.5 Å². The monoisotopic (exact) mass is 251 g/mol. The summed E-state index contributed by atoms with van der Waals surface area (Å²) in [6, 6.07) is 0. The van der Waals surface area contributed by atoms with Gasteiger partial charge in [-0.3, -0.25) is 0 Å².